The first-order valence-electron chi connectivity index (χ1n) is 23.5. The van der Waals surface area contributed by atoms with Crippen molar-refractivity contribution >= 4 is 122 Å². The van der Waals surface area contributed by atoms with Gasteiger partial charge >= 0.3 is 11.9 Å². The van der Waals surface area contributed by atoms with E-state index in [0.29, 0.717) is 4.88 Å². The molecule has 11 heteroatoms. The minimum Gasteiger partial charge on any atom is -0.486 e. The van der Waals surface area contributed by atoms with Gasteiger partial charge in [0.1, 0.15) is 11.6 Å². The van der Waals surface area contributed by atoms with Gasteiger partial charge in [-0.15, -0.1) is 45.3 Å². The molecule has 0 aliphatic heterocycles. The number of aliphatic carboxylic acids is 2. The van der Waals surface area contributed by atoms with E-state index in [1.165, 1.54) is 46.0 Å². The molecule has 0 atom stereocenters. The van der Waals surface area contributed by atoms with E-state index < -0.39 is 11.9 Å². The number of allylic oxidation sites excluding steroid dienone is 2. The summed E-state index contributed by atoms with van der Waals surface area (Å²) < 4.78 is 0. The zero-order chi connectivity index (χ0) is 52.3. The second-order valence-corrected chi connectivity index (χ2v) is 21.6. The number of benzene rings is 5. The number of carboxylic acid groups (broad SMARTS) is 2. The summed E-state index contributed by atoms with van der Waals surface area (Å²) >= 11 is 6.19. The van der Waals surface area contributed by atoms with Crippen LogP contribution in [0.15, 0.2) is 193 Å². The molecule has 0 unspecified atom stereocenters. The third-order valence-electron chi connectivity index (χ3n) is 11.9. The van der Waals surface area contributed by atoms with E-state index in [-0.39, 0.29) is 11.3 Å². The Hall–Kier alpha value is -8.94. The highest BCUT2D eigenvalue weighted by Gasteiger charge is 2.15. The third-order valence-corrected chi connectivity index (χ3v) is 16.4. The normalized spacial score (nSPS) is 11.8. The van der Waals surface area contributed by atoms with Crippen molar-refractivity contribution in [2.24, 2.45) is 0 Å². The van der Waals surface area contributed by atoms with Crippen LogP contribution in [0.5, 0.6) is 0 Å². The molecule has 0 saturated heterocycles. The predicted molar refractivity (Wildman–Crippen MR) is 316 cm³/mol. The molecule has 0 radical (unpaired) electrons. The van der Waals surface area contributed by atoms with Gasteiger partial charge in [-0.2, -0.15) is 5.26 Å². The fourth-order valence-corrected chi connectivity index (χ4v) is 11.8. The van der Waals surface area contributed by atoms with Crippen molar-refractivity contribution in [2.45, 2.75) is 13.8 Å². The SMILES string of the molecule is [C-]#[N+]/C(=C\c1ccc(-c2ccc(/C=C/c3ccc(N(c4ccc(/C=C/C=C(c5ccc(C)cc5)c5ccc(C)cc5)cc4)c4ccc(/C=C/c5ccc(-c6ccc(/C=C(\C#N)C(=O)O)s6)s5)cc4)cc3)s2)s1)C(=O)O. The van der Waals surface area contributed by atoms with Gasteiger partial charge in [0, 0.05) is 56.1 Å². The standard InChI is InChI=1S/C64H45N3O4S4/c1-42-7-19-47(20-8-42)57(48-21-9-43(2)10-22-48)6-4-5-44-11-23-50(24-12-44)67(51-25-13-45(14-26-51)17-29-53-31-35-59(72-53)61-37-33-55(74-61)39-49(41-65)63(68)69)52-27-15-46(16-28-52)18-30-54-32-36-60(73-54)62-38-34-56(75-62)40-58(66-3)64(70)71/h4-40H,1-2H3,(H,68,69)(H,70,71)/b5-4+,29-17+,30-18+,49-39+,58-40-. The van der Waals surface area contributed by atoms with Crippen LogP contribution in [0.25, 0.3) is 72.5 Å². The van der Waals surface area contributed by atoms with Crippen LogP contribution in [0, 0.1) is 31.8 Å². The average molecular weight is 1050 g/mol. The molecule has 5 aromatic carbocycles. The fraction of sp³-hybridized carbons (Fsp3) is 0.0312. The van der Waals surface area contributed by atoms with Crippen molar-refractivity contribution in [1.82, 2.24) is 0 Å². The van der Waals surface area contributed by atoms with Gasteiger partial charge in [-0.1, -0.05) is 126 Å². The topological polar surface area (TPSA) is 106 Å². The summed E-state index contributed by atoms with van der Waals surface area (Å²) in [4.78, 5) is 35.8. The number of hydrogen-bond acceptors (Lipinski definition) is 8. The van der Waals surface area contributed by atoms with Crippen LogP contribution in [-0.2, 0) is 9.59 Å². The molecular formula is C64H45N3O4S4. The summed E-state index contributed by atoms with van der Waals surface area (Å²) in [5.74, 6) is -2.47. The van der Waals surface area contributed by atoms with E-state index >= 15 is 0 Å². The average Bonchev–Trinajstić information content (AvgIpc) is 4.28. The Morgan fingerprint density at radius 3 is 1.27 bits per heavy atom. The van der Waals surface area contributed by atoms with Gasteiger partial charge in [0.25, 0.3) is 5.70 Å². The van der Waals surface area contributed by atoms with Crippen LogP contribution in [0.2, 0.25) is 0 Å². The lowest BCUT2D eigenvalue weighted by molar-refractivity contribution is -0.133. The van der Waals surface area contributed by atoms with E-state index in [0.717, 1.165) is 84.6 Å². The maximum absolute atomic E-state index is 11.3. The van der Waals surface area contributed by atoms with Crippen LogP contribution in [0.3, 0.4) is 0 Å². The van der Waals surface area contributed by atoms with Crippen molar-refractivity contribution in [2.75, 3.05) is 4.90 Å². The van der Waals surface area contributed by atoms with E-state index in [1.807, 2.05) is 24.3 Å². The number of anilines is 3. The van der Waals surface area contributed by atoms with Gasteiger partial charge in [0.2, 0.25) is 0 Å². The Labute approximate surface area is 452 Å². The van der Waals surface area contributed by atoms with Gasteiger partial charge in [-0.3, -0.25) is 4.79 Å². The molecule has 4 heterocycles. The molecule has 9 aromatic rings. The van der Waals surface area contributed by atoms with Crippen molar-refractivity contribution in [1.29, 1.82) is 5.26 Å². The Bertz CT molecular complexity index is 3570. The van der Waals surface area contributed by atoms with Crippen LogP contribution >= 0.6 is 45.3 Å². The molecule has 7 nitrogen and oxygen atoms in total. The van der Waals surface area contributed by atoms with E-state index in [4.69, 9.17) is 6.57 Å². The predicted octanol–water partition coefficient (Wildman–Crippen LogP) is 18.2. The third kappa shape index (κ3) is 13.0. The monoisotopic (exact) mass is 1050 g/mol. The minimum atomic E-state index is -1.24. The lowest BCUT2D eigenvalue weighted by Gasteiger charge is -2.26. The lowest BCUT2D eigenvalue weighted by Crippen LogP contribution is -2.09. The summed E-state index contributed by atoms with van der Waals surface area (Å²) in [5.41, 5.74) is 11.5. The molecule has 9 rings (SSSR count). The molecule has 0 spiro atoms. The van der Waals surface area contributed by atoms with Gasteiger partial charge in [-0.05, 0) is 156 Å². The number of aryl methyl sites for hydroxylation is 2. The van der Waals surface area contributed by atoms with E-state index in [9.17, 15) is 25.1 Å². The quantitative estimate of drug-likeness (QED) is 0.0407. The van der Waals surface area contributed by atoms with Crippen molar-refractivity contribution in [3.63, 3.8) is 0 Å². The lowest BCUT2D eigenvalue weighted by atomic mass is 9.96. The Morgan fingerprint density at radius 1 is 0.493 bits per heavy atom. The number of nitriles is 1. The molecule has 4 aromatic heterocycles. The Balaban J connectivity index is 0.954. The molecule has 75 heavy (non-hydrogen) atoms. The van der Waals surface area contributed by atoms with E-state index in [2.05, 4.69) is 212 Å². The number of thiophene rings is 4. The molecule has 0 fully saturated rings. The largest absolute Gasteiger partial charge is 0.486 e. The molecule has 0 aliphatic carbocycles. The summed E-state index contributed by atoms with van der Waals surface area (Å²) in [5, 5.41) is 27.7. The van der Waals surface area contributed by atoms with Gasteiger partial charge in [0.15, 0.2) is 0 Å². The highest BCUT2D eigenvalue weighted by Crippen LogP contribution is 2.39. The van der Waals surface area contributed by atoms with Crippen LogP contribution in [0.4, 0.5) is 17.1 Å². The Morgan fingerprint density at radius 2 is 0.880 bits per heavy atom. The molecule has 0 saturated carbocycles. The highest BCUT2D eigenvalue weighted by molar-refractivity contribution is 7.23. The Kier molecular flexibility index (Phi) is 16.1. The number of rotatable bonds is 17. The molecule has 0 amide bonds. The molecule has 2 N–H and O–H groups in total. The van der Waals surface area contributed by atoms with Crippen molar-refractivity contribution < 1.29 is 19.8 Å². The molecule has 0 aliphatic rings. The number of hydrogen-bond donors (Lipinski definition) is 2. The first-order chi connectivity index (χ1) is 36.5. The van der Waals surface area contributed by atoms with E-state index in [1.54, 1.807) is 28.7 Å². The maximum atomic E-state index is 11.3. The van der Waals surface area contributed by atoms with Crippen LogP contribution < -0.4 is 4.90 Å². The number of nitrogens with zero attached hydrogens (tertiary/aromatic N) is 3. The van der Waals surface area contributed by atoms with Crippen molar-refractivity contribution in [3.8, 4) is 25.6 Å². The van der Waals surface area contributed by atoms with Gasteiger partial charge in [0.05, 0.1) is 6.57 Å². The minimum absolute atomic E-state index is 0.294. The second-order valence-electron chi connectivity index (χ2n) is 17.2. The van der Waals surface area contributed by atoms with Gasteiger partial charge in [-0.25, -0.2) is 9.64 Å². The van der Waals surface area contributed by atoms with Crippen LogP contribution in [0.1, 0.15) is 58.5 Å². The number of carboxylic acids is 2. The summed E-state index contributed by atoms with van der Waals surface area (Å²) in [6, 6.07) is 60.5. The number of carbonyl (C=O) groups is 2. The van der Waals surface area contributed by atoms with Gasteiger partial charge < -0.3 is 15.1 Å². The van der Waals surface area contributed by atoms with Crippen LogP contribution in [-0.4, -0.2) is 22.2 Å². The second kappa shape index (κ2) is 23.7. The highest BCUT2D eigenvalue weighted by atomic mass is 32.1. The van der Waals surface area contributed by atoms with Crippen molar-refractivity contribution in [3.05, 3.63) is 263 Å². The maximum Gasteiger partial charge on any atom is 0.346 e. The molecule has 364 valence electrons. The summed E-state index contributed by atoms with van der Waals surface area (Å²) in [6.07, 6.45) is 17.6. The fourth-order valence-electron chi connectivity index (χ4n) is 7.92. The molecular weight excluding hydrogens is 1000 g/mol. The summed E-state index contributed by atoms with van der Waals surface area (Å²) in [7, 11) is 0. The smallest absolute Gasteiger partial charge is 0.346 e. The molecule has 0 bridgehead atoms. The first-order valence-corrected chi connectivity index (χ1v) is 26.8. The zero-order valence-electron chi connectivity index (χ0n) is 40.5. The summed E-state index contributed by atoms with van der Waals surface area (Å²) in [6.45, 7) is 11.4. The zero-order valence-corrected chi connectivity index (χ0v) is 43.8. The first kappa shape index (κ1) is 51.0.